The van der Waals surface area contributed by atoms with E-state index < -0.39 is 12.1 Å². The fourth-order valence-corrected chi connectivity index (χ4v) is 4.31. The van der Waals surface area contributed by atoms with Gasteiger partial charge in [-0.2, -0.15) is 0 Å². The summed E-state index contributed by atoms with van der Waals surface area (Å²) in [7, 11) is 0. The van der Waals surface area contributed by atoms with Gasteiger partial charge in [0.15, 0.2) is 0 Å². The Hall–Kier alpha value is -3.32. The fourth-order valence-electron chi connectivity index (χ4n) is 3.31. The lowest BCUT2D eigenvalue weighted by Gasteiger charge is -2.27. The Morgan fingerprint density at radius 2 is 1.77 bits per heavy atom. The predicted molar refractivity (Wildman–Crippen MR) is 123 cm³/mol. The lowest BCUT2D eigenvalue weighted by atomic mass is 10.1. The molecule has 0 saturated heterocycles. The summed E-state index contributed by atoms with van der Waals surface area (Å²) in [5.74, 6) is -0.560. The molecule has 162 valence electrons. The highest BCUT2D eigenvalue weighted by Crippen LogP contribution is 2.44. The average molecular weight is 440 g/mol. The van der Waals surface area contributed by atoms with E-state index in [1.54, 1.807) is 18.2 Å². The predicted octanol–water partition coefficient (Wildman–Crippen LogP) is 6.10. The van der Waals surface area contributed by atoms with Crippen LogP contribution in [0.15, 0.2) is 48.5 Å². The fraction of sp³-hybridized carbons (Fsp3) is 0.250. The zero-order valence-corrected chi connectivity index (χ0v) is 18.7. The molecule has 1 aromatic heterocycles. The normalized spacial score (nSPS) is 10.9. The van der Waals surface area contributed by atoms with Crippen LogP contribution in [0.25, 0.3) is 10.4 Å². The first-order chi connectivity index (χ1) is 14.7. The van der Waals surface area contributed by atoms with E-state index in [9.17, 15) is 19.8 Å². The van der Waals surface area contributed by atoms with Crippen LogP contribution in [0.1, 0.15) is 42.3 Å². The topological polar surface area (TPSA) is 87.1 Å². The van der Waals surface area contributed by atoms with Gasteiger partial charge in [0.1, 0.15) is 5.75 Å². The summed E-state index contributed by atoms with van der Waals surface area (Å²) in [5.41, 5.74) is 3.41. The van der Waals surface area contributed by atoms with Crippen molar-refractivity contribution in [3.63, 3.8) is 0 Å². The molecule has 0 aliphatic carbocycles. The molecular formula is C24H25NO5S. The summed E-state index contributed by atoms with van der Waals surface area (Å²) >= 11 is 1.16. The second-order valence-corrected chi connectivity index (χ2v) is 8.51. The van der Waals surface area contributed by atoms with Crippen molar-refractivity contribution in [3.05, 3.63) is 65.2 Å². The molecule has 1 heterocycles. The highest BCUT2D eigenvalue weighted by Gasteiger charge is 2.29. The summed E-state index contributed by atoms with van der Waals surface area (Å²) in [5, 5.41) is 19.7. The van der Waals surface area contributed by atoms with E-state index in [0.717, 1.165) is 33.8 Å². The number of nitrogens with zero attached hydrogens (tertiary/aromatic N) is 1. The molecule has 0 atom stereocenters. The number of carbonyl (C=O) groups is 2. The Morgan fingerprint density at radius 1 is 1.10 bits per heavy atom. The zero-order valence-electron chi connectivity index (χ0n) is 17.9. The van der Waals surface area contributed by atoms with Crippen LogP contribution in [0.4, 0.5) is 10.5 Å². The number of carbonyl (C=O) groups excluding carboxylic acids is 1. The minimum absolute atomic E-state index is 0.107. The first kappa shape index (κ1) is 22.4. The molecule has 0 unspecified atom stereocenters. The van der Waals surface area contributed by atoms with E-state index in [-0.39, 0.29) is 22.4 Å². The highest BCUT2D eigenvalue weighted by molar-refractivity contribution is 7.18. The number of phenols is 1. The monoisotopic (exact) mass is 439 g/mol. The van der Waals surface area contributed by atoms with Crippen molar-refractivity contribution >= 4 is 29.1 Å². The van der Waals surface area contributed by atoms with Gasteiger partial charge in [-0.05, 0) is 62.1 Å². The Balaban J connectivity index is 2.10. The molecule has 6 nitrogen and oxygen atoms in total. The molecule has 3 aromatic rings. The van der Waals surface area contributed by atoms with Gasteiger partial charge < -0.3 is 19.8 Å². The van der Waals surface area contributed by atoms with Crippen LogP contribution >= 0.6 is 11.3 Å². The molecule has 2 N–H and O–H groups in total. The van der Waals surface area contributed by atoms with E-state index in [0.29, 0.717) is 5.69 Å². The number of carboxylic acid groups (broad SMARTS) is 1. The van der Waals surface area contributed by atoms with Crippen LogP contribution in [0.5, 0.6) is 10.8 Å². The van der Waals surface area contributed by atoms with Gasteiger partial charge in [-0.25, -0.2) is 4.79 Å². The summed E-state index contributed by atoms with van der Waals surface area (Å²) in [6, 6.07) is 14.2. The number of amides is 1. The summed E-state index contributed by atoms with van der Waals surface area (Å²) in [4.78, 5) is 26.9. The van der Waals surface area contributed by atoms with Crippen molar-refractivity contribution in [2.24, 2.45) is 0 Å². The molecular weight excluding hydrogens is 414 g/mol. The lowest BCUT2D eigenvalue weighted by molar-refractivity contribution is 0.0975. The molecule has 0 saturated carbocycles. The Morgan fingerprint density at radius 3 is 2.32 bits per heavy atom. The molecule has 1 amide bonds. The van der Waals surface area contributed by atoms with Crippen LogP contribution < -0.4 is 9.64 Å². The third kappa shape index (κ3) is 4.88. The number of anilines is 1. The number of hydrogen-bond acceptors (Lipinski definition) is 5. The maximum absolute atomic E-state index is 13.4. The number of phenolic OH excluding ortho intramolecular Hbond substituents is 1. The van der Waals surface area contributed by atoms with E-state index in [4.69, 9.17) is 4.74 Å². The molecule has 7 heteroatoms. The smallest absolute Gasteiger partial charge is 0.507 e. The average Bonchev–Trinajstić information content (AvgIpc) is 3.10. The Bertz CT molecular complexity index is 1100. The number of aryl methyl sites for hydroxylation is 2. The minimum atomic E-state index is -1.45. The van der Waals surface area contributed by atoms with Crippen molar-refractivity contribution in [3.8, 4) is 21.3 Å². The second kappa shape index (κ2) is 9.22. The standard InChI is InChI=1S/C24H25NO5S/c1-5-16-7-9-17(10-8-16)21-13-19(23(31-21)30-24(28)29)25(14(2)3)22(27)18-11-6-15(4)12-20(18)26/h6-14,26H,5H2,1-4H3,(H,28,29). The Kier molecular flexibility index (Phi) is 6.65. The molecule has 0 bridgehead atoms. The molecule has 0 fully saturated rings. The number of ether oxygens (including phenoxy) is 1. The third-order valence-corrected chi connectivity index (χ3v) is 5.94. The molecule has 0 aliphatic rings. The maximum atomic E-state index is 13.4. The third-order valence-electron chi connectivity index (χ3n) is 4.88. The van der Waals surface area contributed by atoms with Gasteiger partial charge in [0.05, 0.1) is 11.3 Å². The van der Waals surface area contributed by atoms with Crippen molar-refractivity contribution in [1.29, 1.82) is 0 Å². The molecule has 0 aliphatic heterocycles. The molecule has 31 heavy (non-hydrogen) atoms. The van der Waals surface area contributed by atoms with Crippen molar-refractivity contribution in [1.82, 2.24) is 0 Å². The van der Waals surface area contributed by atoms with Crippen LogP contribution in [0.2, 0.25) is 0 Å². The van der Waals surface area contributed by atoms with E-state index in [1.165, 1.54) is 16.5 Å². The zero-order chi connectivity index (χ0) is 22.7. The van der Waals surface area contributed by atoms with E-state index in [1.807, 2.05) is 45.0 Å². The summed E-state index contributed by atoms with van der Waals surface area (Å²) < 4.78 is 5.04. The first-order valence-electron chi connectivity index (χ1n) is 9.98. The molecule has 0 spiro atoms. The largest absolute Gasteiger partial charge is 0.512 e. The second-order valence-electron chi connectivity index (χ2n) is 7.49. The van der Waals surface area contributed by atoms with Crippen LogP contribution in [0, 0.1) is 6.92 Å². The van der Waals surface area contributed by atoms with Crippen molar-refractivity contribution in [2.45, 2.75) is 40.2 Å². The van der Waals surface area contributed by atoms with Gasteiger partial charge in [0, 0.05) is 10.9 Å². The van der Waals surface area contributed by atoms with E-state index >= 15 is 0 Å². The van der Waals surface area contributed by atoms with Gasteiger partial charge in [-0.1, -0.05) is 48.6 Å². The molecule has 0 radical (unpaired) electrons. The summed E-state index contributed by atoms with van der Waals surface area (Å²) in [6.07, 6.45) is -0.538. The number of aromatic hydroxyl groups is 1. The van der Waals surface area contributed by atoms with Gasteiger partial charge in [-0.15, -0.1) is 0 Å². The quantitative estimate of drug-likeness (QED) is 0.453. The van der Waals surface area contributed by atoms with Crippen LogP contribution in [0.3, 0.4) is 0 Å². The highest BCUT2D eigenvalue weighted by atomic mass is 32.1. The van der Waals surface area contributed by atoms with E-state index in [2.05, 4.69) is 6.92 Å². The van der Waals surface area contributed by atoms with Crippen LogP contribution in [-0.4, -0.2) is 28.3 Å². The number of benzene rings is 2. The number of thiophene rings is 1. The maximum Gasteiger partial charge on any atom is 0.512 e. The Labute approximate surface area is 185 Å². The van der Waals surface area contributed by atoms with Gasteiger partial charge >= 0.3 is 6.16 Å². The molecule has 2 aromatic carbocycles. The van der Waals surface area contributed by atoms with Crippen LogP contribution in [-0.2, 0) is 6.42 Å². The van der Waals surface area contributed by atoms with Crippen molar-refractivity contribution < 1.29 is 24.5 Å². The number of rotatable bonds is 6. The lowest BCUT2D eigenvalue weighted by Crippen LogP contribution is -2.37. The molecule has 3 rings (SSSR count). The summed E-state index contributed by atoms with van der Waals surface area (Å²) in [6.45, 7) is 7.54. The van der Waals surface area contributed by atoms with Crippen molar-refractivity contribution in [2.75, 3.05) is 4.90 Å². The minimum Gasteiger partial charge on any atom is -0.507 e. The number of hydrogen-bond donors (Lipinski definition) is 2. The van der Waals surface area contributed by atoms with Gasteiger partial charge in [-0.3, -0.25) is 4.79 Å². The van der Waals surface area contributed by atoms with Gasteiger partial charge in [0.25, 0.3) is 5.91 Å². The SMILES string of the molecule is CCc1ccc(-c2cc(N(C(=O)c3ccc(C)cc3O)C(C)C)c(OC(=O)O)s2)cc1. The first-order valence-corrected chi connectivity index (χ1v) is 10.8. The van der Waals surface area contributed by atoms with Gasteiger partial charge in [0.2, 0.25) is 5.06 Å².